The molecule has 1 N–H and O–H groups in total. The molecule has 0 unspecified atom stereocenters. The molecule has 0 aromatic heterocycles. The second kappa shape index (κ2) is 8.97. The lowest BCUT2D eigenvalue weighted by Gasteiger charge is -2.32. The van der Waals surface area contributed by atoms with Crippen LogP contribution in [0.25, 0.3) is 0 Å². The van der Waals surface area contributed by atoms with E-state index in [9.17, 15) is 14.0 Å². The zero-order chi connectivity index (χ0) is 20.1. The molecule has 0 aliphatic carbocycles. The van der Waals surface area contributed by atoms with Crippen molar-refractivity contribution in [2.75, 3.05) is 25.5 Å². The minimum Gasteiger partial charge on any atom is -0.465 e. The molecule has 0 radical (unpaired) electrons. The number of likely N-dealkylation sites (tertiary alicyclic amines) is 1. The summed E-state index contributed by atoms with van der Waals surface area (Å²) in [5.41, 5.74) is 2.80. The number of benzene rings is 2. The van der Waals surface area contributed by atoms with E-state index in [-0.39, 0.29) is 17.6 Å². The van der Waals surface area contributed by atoms with Crippen LogP contribution >= 0.6 is 0 Å². The Morgan fingerprint density at radius 2 is 1.96 bits per heavy atom. The van der Waals surface area contributed by atoms with E-state index in [1.807, 2.05) is 0 Å². The van der Waals surface area contributed by atoms with Crippen LogP contribution in [0.1, 0.15) is 34.3 Å². The number of halogens is 1. The topological polar surface area (TPSA) is 58.6 Å². The third kappa shape index (κ3) is 4.75. The maximum Gasteiger partial charge on any atom is 0.338 e. The van der Waals surface area contributed by atoms with Gasteiger partial charge in [0, 0.05) is 18.8 Å². The third-order valence-electron chi connectivity index (χ3n) is 5.19. The van der Waals surface area contributed by atoms with Gasteiger partial charge in [0.05, 0.1) is 18.6 Å². The normalized spacial score (nSPS) is 17.2. The molecule has 1 saturated heterocycles. The SMILES string of the molecule is COC(=O)c1cccc(NC(=O)[C@H]2CCCN(Cc3ccc(F)cc3)C2)c1C. The highest BCUT2D eigenvalue weighted by atomic mass is 19.1. The Labute approximate surface area is 164 Å². The first-order chi connectivity index (χ1) is 13.5. The van der Waals surface area contributed by atoms with Gasteiger partial charge in [0.2, 0.25) is 5.91 Å². The van der Waals surface area contributed by atoms with E-state index in [1.165, 1.54) is 19.2 Å². The van der Waals surface area contributed by atoms with Gasteiger partial charge >= 0.3 is 5.97 Å². The van der Waals surface area contributed by atoms with Gasteiger partial charge in [-0.1, -0.05) is 18.2 Å². The fourth-order valence-electron chi connectivity index (χ4n) is 3.60. The Hall–Kier alpha value is -2.73. The maximum atomic E-state index is 13.1. The molecule has 1 aliphatic heterocycles. The number of hydrogen-bond acceptors (Lipinski definition) is 4. The number of hydrogen-bond donors (Lipinski definition) is 1. The Bertz CT molecular complexity index is 851. The number of amides is 1. The quantitative estimate of drug-likeness (QED) is 0.798. The Kier molecular flexibility index (Phi) is 6.41. The van der Waals surface area contributed by atoms with Crippen molar-refractivity contribution < 1.29 is 18.7 Å². The first kappa shape index (κ1) is 20.0. The summed E-state index contributed by atoms with van der Waals surface area (Å²) < 4.78 is 17.9. The molecular weight excluding hydrogens is 359 g/mol. The molecule has 148 valence electrons. The van der Waals surface area contributed by atoms with Gasteiger partial charge in [-0.25, -0.2) is 9.18 Å². The highest BCUT2D eigenvalue weighted by molar-refractivity contribution is 5.97. The number of carbonyl (C=O) groups excluding carboxylic acids is 2. The molecule has 3 rings (SSSR count). The van der Waals surface area contributed by atoms with E-state index >= 15 is 0 Å². The number of methoxy groups -OCH3 is 1. The predicted octanol–water partition coefficient (Wildman–Crippen LogP) is 3.77. The van der Waals surface area contributed by atoms with Gasteiger partial charge in [0.15, 0.2) is 0 Å². The fraction of sp³-hybridized carbons (Fsp3) is 0.364. The van der Waals surface area contributed by atoms with Gasteiger partial charge in [0.1, 0.15) is 5.82 Å². The van der Waals surface area contributed by atoms with Gasteiger partial charge in [-0.05, 0) is 61.7 Å². The van der Waals surface area contributed by atoms with Crippen molar-refractivity contribution >= 4 is 17.6 Å². The molecule has 0 saturated carbocycles. The van der Waals surface area contributed by atoms with Crippen LogP contribution < -0.4 is 5.32 Å². The predicted molar refractivity (Wildman–Crippen MR) is 106 cm³/mol. The van der Waals surface area contributed by atoms with Crippen LogP contribution in [-0.4, -0.2) is 37.0 Å². The molecule has 1 amide bonds. The van der Waals surface area contributed by atoms with Gasteiger partial charge in [0.25, 0.3) is 0 Å². The van der Waals surface area contributed by atoms with Crippen molar-refractivity contribution in [1.82, 2.24) is 4.90 Å². The van der Waals surface area contributed by atoms with Crippen molar-refractivity contribution in [3.8, 4) is 0 Å². The van der Waals surface area contributed by atoms with Crippen molar-refractivity contribution in [1.29, 1.82) is 0 Å². The Morgan fingerprint density at radius 1 is 1.21 bits per heavy atom. The van der Waals surface area contributed by atoms with Crippen LogP contribution in [-0.2, 0) is 16.1 Å². The van der Waals surface area contributed by atoms with Crippen LogP contribution in [0.3, 0.4) is 0 Å². The molecule has 5 nitrogen and oxygen atoms in total. The number of rotatable bonds is 5. The molecule has 28 heavy (non-hydrogen) atoms. The molecule has 6 heteroatoms. The highest BCUT2D eigenvalue weighted by Crippen LogP contribution is 2.24. The molecule has 1 atom stereocenters. The lowest BCUT2D eigenvalue weighted by molar-refractivity contribution is -0.121. The van der Waals surface area contributed by atoms with Crippen LogP contribution in [0, 0.1) is 18.7 Å². The summed E-state index contributed by atoms with van der Waals surface area (Å²) in [6, 6.07) is 11.7. The standard InChI is InChI=1S/C22H25FN2O3/c1-15-19(22(27)28-2)6-3-7-20(15)24-21(26)17-5-4-12-25(14-17)13-16-8-10-18(23)11-9-16/h3,6-11,17H,4-5,12-14H2,1-2H3,(H,24,26)/t17-/m0/s1. The number of anilines is 1. The van der Waals surface area contributed by atoms with Crippen molar-refractivity contribution in [3.05, 3.63) is 65.0 Å². The molecular formula is C22H25FN2O3. The molecule has 0 bridgehead atoms. The summed E-state index contributed by atoms with van der Waals surface area (Å²) in [7, 11) is 1.34. The number of carbonyl (C=O) groups is 2. The summed E-state index contributed by atoms with van der Waals surface area (Å²) in [6.45, 7) is 4.06. The van der Waals surface area contributed by atoms with Crippen LogP contribution in [0.4, 0.5) is 10.1 Å². The zero-order valence-corrected chi connectivity index (χ0v) is 16.2. The molecule has 2 aromatic carbocycles. The van der Waals surface area contributed by atoms with Crippen LogP contribution in [0.2, 0.25) is 0 Å². The number of nitrogens with one attached hydrogen (secondary N) is 1. The van der Waals surface area contributed by atoms with Crippen molar-refractivity contribution in [2.24, 2.45) is 5.92 Å². The van der Waals surface area contributed by atoms with E-state index in [4.69, 9.17) is 4.74 Å². The van der Waals surface area contributed by atoms with E-state index in [0.717, 1.165) is 24.9 Å². The third-order valence-corrected chi connectivity index (χ3v) is 5.19. The fourth-order valence-corrected chi connectivity index (χ4v) is 3.60. The lowest BCUT2D eigenvalue weighted by Crippen LogP contribution is -2.40. The largest absolute Gasteiger partial charge is 0.465 e. The minimum absolute atomic E-state index is 0.0473. The first-order valence-corrected chi connectivity index (χ1v) is 9.43. The molecule has 2 aromatic rings. The van der Waals surface area contributed by atoms with Crippen LogP contribution in [0.15, 0.2) is 42.5 Å². The first-order valence-electron chi connectivity index (χ1n) is 9.43. The monoisotopic (exact) mass is 384 g/mol. The van der Waals surface area contributed by atoms with Crippen LogP contribution in [0.5, 0.6) is 0 Å². The summed E-state index contributed by atoms with van der Waals surface area (Å²) in [6.07, 6.45) is 1.75. The van der Waals surface area contributed by atoms with Gasteiger partial charge in [-0.2, -0.15) is 0 Å². The summed E-state index contributed by atoms with van der Waals surface area (Å²) in [5, 5.41) is 2.97. The minimum atomic E-state index is -0.420. The van der Waals surface area contributed by atoms with E-state index < -0.39 is 5.97 Å². The Balaban J connectivity index is 1.64. The highest BCUT2D eigenvalue weighted by Gasteiger charge is 2.26. The van der Waals surface area contributed by atoms with Gasteiger partial charge in [-0.3, -0.25) is 9.69 Å². The number of piperidine rings is 1. The van der Waals surface area contributed by atoms with Gasteiger partial charge in [-0.15, -0.1) is 0 Å². The molecule has 1 aliphatic rings. The average Bonchev–Trinajstić information content (AvgIpc) is 2.71. The van der Waals surface area contributed by atoms with E-state index in [0.29, 0.717) is 29.9 Å². The number of ether oxygens (including phenoxy) is 1. The molecule has 1 fully saturated rings. The molecule has 0 spiro atoms. The lowest BCUT2D eigenvalue weighted by atomic mass is 9.96. The van der Waals surface area contributed by atoms with E-state index in [2.05, 4.69) is 10.2 Å². The summed E-state index contributed by atoms with van der Waals surface area (Å²) in [4.78, 5) is 26.9. The van der Waals surface area contributed by atoms with Gasteiger partial charge < -0.3 is 10.1 Å². The van der Waals surface area contributed by atoms with Crippen molar-refractivity contribution in [2.45, 2.75) is 26.3 Å². The smallest absolute Gasteiger partial charge is 0.338 e. The van der Waals surface area contributed by atoms with Crippen molar-refractivity contribution in [3.63, 3.8) is 0 Å². The maximum absolute atomic E-state index is 13.1. The Morgan fingerprint density at radius 3 is 2.68 bits per heavy atom. The number of nitrogens with zero attached hydrogens (tertiary/aromatic N) is 1. The van der Waals surface area contributed by atoms with E-state index in [1.54, 1.807) is 37.3 Å². The second-order valence-electron chi connectivity index (χ2n) is 7.16. The summed E-state index contributed by atoms with van der Waals surface area (Å²) >= 11 is 0. The average molecular weight is 384 g/mol. The molecule has 1 heterocycles. The number of esters is 1. The summed E-state index contributed by atoms with van der Waals surface area (Å²) in [5.74, 6) is -0.842. The second-order valence-corrected chi connectivity index (χ2v) is 7.16. The zero-order valence-electron chi connectivity index (χ0n) is 16.2.